The van der Waals surface area contributed by atoms with Gasteiger partial charge in [-0.25, -0.2) is 8.42 Å². The Labute approximate surface area is 193 Å². The molecule has 0 saturated carbocycles. The molecule has 32 heavy (non-hydrogen) atoms. The van der Waals surface area contributed by atoms with Crippen LogP contribution in [0.5, 0.6) is 5.75 Å². The highest BCUT2D eigenvalue weighted by atomic mass is 32.2. The van der Waals surface area contributed by atoms with E-state index < -0.39 is 10.1 Å². The second-order valence-corrected chi connectivity index (χ2v) is 10.3. The molecule has 0 bridgehead atoms. The monoisotopic (exact) mass is 470 g/mol. The molecule has 8 heteroatoms. The number of aryl methyl sites for hydroxylation is 2. The molecule has 6 nitrogen and oxygen atoms in total. The van der Waals surface area contributed by atoms with Gasteiger partial charge in [-0.05, 0) is 44.5 Å². The van der Waals surface area contributed by atoms with Crippen molar-refractivity contribution in [1.82, 2.24) is 0 Å². The van der Waals surface area contributed by atoms with Gasteiger partial charge in [0, 0.05) is 46.9 Å². The second kappa shape index (κ2) is 9.13. The zero-order valence-electron chi connectivity index (χ0n) is 18.4. The van der Waals surface area contributed by atoms with E-state index in [-0.39, 0.29) is 12.2 Å². The summed E-state index contributed by atoms with van der Waals surface area (Å²) < 4.78 is 41.1. The molecule has 1 aliphatic heterocycles. The zero-order chi connectivity index (χ0) is 22.9. The maximum Gasteiger partial charge on any atom is 0.212 e. The highest BCUT2D eigenvalue weighted by Crippen LogP contribution is 2.48. The van der Waals surface area contributed by atoms with E-state index in [0.717, 1.165) is 33.6 Å². The number of aromatic nitrogens is 1. The van der Waals surface area contributed by atoms with Crippen LogP contribution in [0, 0.1) is 6.92 Å². The third kappa shape index (κ3) is 4.77. The van der Waals surface area contributed by atoms with Crippen molar-refractivity contribution in [3.8, 4) is 5.75 Å². The van der Waals surface area contributed by atoms with Crippen LogP contribution >= 0.6 is 11.8 Å². The van der Waals surface area contributed by atoms with E-state index in [4.69, 9.17) is 4.74 Å². The quantitative estimate of drug-likeness (QED) is 0.378. The van der Waals surface area contributed by atoms with Crippen molar-refractivity contribution in [3.05, 3.63) is 64.8 Å². The SMILES string of the molecule is CC[n+]1c(/C=C2\Sc3ccc(OC)cc3N2CCCS(=O)(=O)[O-])ccc2cc(C)ccc21. The molecule has 0 aliphatic carbocycles. The van der Waals surface area contributed by atoms with Gasteiger partial charge in [0.1, 0.15) is 12.3 Å². The Morgan fingerprint density at radius 3 is 2.69 bits per heavy atom. The lowest BCUT2D eigenvalue weighted by molar-refractivity contribution is -0.669. The minimum Gasteiger partial charge on any atom is -0.748 e. The predicted octanol–water partition coefficient (Wildman–Crippen LogP) is 4.31. The molecule has 1 aromatic heterocycles. The van der Waals surface area contributed by atoms with Gasteiger partial charge in [0.2, 0.25) is 11.2 Å². The first-order valence-corrected chi connectivity index (χ1v) is 12.9. The average Bonchev–Trinajstić information content (AvgIpc) is 3.09. The van der Waals surface area contributed by atoms with Crippen LogP contribution in [-0.4, -0.2) is 32.4 Å². The fourth-order valence-electron chi connectivity index (χ4n) is 4.01. The Hall–Kier alpha value is -2.55. The molecule has 0 atom stereocenters. The van der Waals surface area contributed by atoms with Crippen LogP contribution in [0.15, 0.2) is 58.5 Å². The molecule has 2 aromatic carbocycles. The summed E-state index contributed by atoms with van der Waals surface area (Å²) >= 11 is 1.63. The molecule has 1 aliphatic rings. The molecule has 0 spiro atoms. The third-order valence-corrected chi connectivity index (χ3v) is 7.42. The molecule has 168 valence electrons. The highest BCUT2D eigenvalue weighted by Gasteiger charge is 2.27. The number of benzene rings is 2. The molecule has 0 fully saturated rings. The second-order valence-electron chi connectivity index (χ2n) is 7.75. The summed E-state index contributed by atoms with van der Waals surface area (Å²) in [5.74, 6) is 0.349. The summed E-state index contributed by atoms with van der Waals surface area (Å²) in [6.45, 7) is 5.46. The van der Waals surface area contributed by atoms with Gasteiger partial charge in [0.05, 0.1) is 27.9 Å². The number of nitrogens with zero attached hydrogens (tertiary/aromatic N) is 2. The third-order valence-electron chi connectivity index (χ3n) is 5.52. The molecular weight excluding hydrogens is 444 g/mol. The first-order chi connectivity index (χ1) is 15.3. The molecular formula is C24H26N2O4S2. The number of thioether (sulfide) groups is 1. The highest BCUT2D eigenvalue weighted by molar-refractivity contribution is 8.03. The summed E-state index contributed by atoms with van der Waals surface area (Å²) in [6.07, 6.45) is 2.39. The summed E-state index contributed by atoms with van der Waals surface area (Å²) in [4.78, 5) is 3.15. The minimum atomic E-state index is -4.25. The predicted molar refractivity (Wildman–Crippen MR) is 128 cm³/mol. The van der Waals surface area contributed by atoms with Crippen LogP contribution in [0.3, 0.4) is 0 Å². The van der Waals surface area contributed by atoms with E-state index in [2.05, 4.69) is 59.7 Å². The number of hydrogen-bond donors (Lipinski definition) is 0. The van der Waals surface area contributed by atoms with Crippen LogP contribution in [-0.2, 0) is 16.7 Å². The molecule has 0 amide bonds. The van der Waals surface area contributed by atoms with Gasteiger partial charge < -0.3 is 14.2 Å². The van der Waals surface area contributed by atoms with Gasteiger partial charge in [-0.1, -0.05) is 23.4 Å². The van der Waals surface area contributed by atoms with Gasteiger partial charge >= 0.3 is 0 Å². The largest absolute Gasteiger partial charge is 0.748 e. The minimum absolute atomic E-state index is 0.255. The van der Waals surface area contributed by atoms with Crippen molar-refractivity contribution in [2.24, 2.45) is 0 Å². The Balaban J connectivity index is 1.75. The van der Waals surface area contributed by atoms with Crippen LogP contribution in [0.4, 0.5) is 5.69 Å². The van der Waals surface area contributed by atoms with Crippen molar-refractivity contribution < 1.29 is 22.3 Å². The standard InChI is InChI=1S/C24H26N2O4S2/c1-4-25-19(8-7-18-14-17(2)6-10-21(18)25)15-24-26(12-5-13-32(27,28)29)22-16-20(30-3)9-11-23(22)31-24/h6-11,14-16H,4-5,12-13H2,1-3H3. The lowest BCUT2D eigenvalue weighted by Gasteiger charge is -2.21. The van der Waals surface area contributed by atoms with Gasteiger partial charge in [-0.3, -0.25) is 0 Å². The van der Waals surface area contributed by atoms with Gasteiger partial charge in [-0.15, -0.1) is 0 Å². The summed E-state index contributed by atoms with van der Waals surface area (Å²) in [6, 6.07) is 16.6. The molecule has 0 radical (unpaired) electrons. The number of rotatable bonds is 7. The number of hydrogen-bond acceptors (Lipinski definition) is 6. The van der Waals surface area contributed by atoms with E-state index >= 15 is 0 Å². The number of fused-ring (bicyclic) bond motifs is 2. The van der Waals surface area contributed by atoms with Crippen LogP contribution in [0.2, 0.25) is 0 Å². The van der Waals surface area contributed by atoms with Crippen molar-refractivity contribution in [2.75, 3.05) is 24.3 Å². The topological polar surface area (TPSA) is 73.5 Å². The molecule has 2 heterocycles. The van der Waals surface area contributed by atoms with E-state index in [1.807, 2.05) is 18.2 Å². The fraction of sp³-hybridized carbons (Fsp3) is 0.292. The number of ether oxygens (including phenoxy) is 1. The van der Waals surface area contributed by atoms with Crippen molar-refractivity contribution in [3.63, 3.8) is 0 Å². The Morgan fingerprint density at radius 1 is 1.16 bits per heavy atom. The fourth-order valence-corrected chi connectivity index (χ4v) is 5.61. The van der Waals surface area contributed by atoms with Crippen LogP contribution in [0.25, 0.3) is 17.0 Å². The Morgan fingerprint density at radius 2 is 1.97 bits per heavy atom. The molecule has 0 N–H and O–H groups in total. The van der Waals surface area contributed by atoms with Crippen molar-refractivity contribution >= 4 is 44.5 Å². The van der Waals surface area contributed by atoms with E-state index in [1.54, 1.807) is 18.9 Å². The smallest absolute Gasteiger partial charge is 0.212 e. The van der Waals surface area contributed by atoms with Crippen LogP contribution in [0.1, 0.15) is 24.6 Å². The molecule has 0 unspecified atom stereocenters. The zero-order valence-corrected chi connectivity index (χ0v) is 20.0. The maximum atomic E-state index is 11.1. The summed E-state index contributed by atoms with van der Waals surface area (Å²) in [7, 11) is -2.63. The van der Waals surface area contributed by atoms with E-state index in [9.17, 15) is 13.0 Å². The lowest BCUT2D eigenvalue weighted by Crippen LogP contribution is -2.37. The van der Waals surface area contributed by atoms with Gasteiger partial charge in [-0.2, -0.15) is 4.57 Å². The first kappa shape index (κ1) is 22.6. The van der Waals surface area contributed by atoms with E-state index in [1.165, 1.54) is 16.5 Å². The van der Waals surface area contributed by atoms with Crippen molar-refractivity contribution in [1.29, 1.82) is 0 Å². The molecule has 4 rings (SSSR count). The average molecular weight is 471 g/mol. The number of methoxy groups -OCH3 is 1. The lowest BCUT2D eigenvalue weighted by atomic mass is 10.1. The van der Waals surface area contributed by atoms with Crippen molar-refractivity contribution in [2.45, 2.75) is 31.7 Å². The number of pyridine rings is 1. The molecule has 0 saturated heterocycles. The maximum absolute atomic E-state index is 11.1. The normalized spacial score (nSPS) is 14.9. The van der Waals surface area contributed by atoms with E-state index in [0.29, 0.717) is 6.54 Å². The van der Waals surface area contributed by atoms with Gasteiger partial charge in [0.25, 0.3) is 0 Å². The van der Waals surface area contributed by atoms with Crippen LogP contribution < -0.4 is 14.2 Å². The Kier molecular flexibility index (Phi) is 6.46. The number of anilines is 1. The molecule has 3 aromatic rings. The first-order valence-electron chi connectivity index (χ1n) is 10.5. The summed E-state index contributed by atoms with van der Waals surface area (Å²) in [5, 5.41) is 2.18. The summed E-state index contributed by atoms with van der Waals surface area (Å²) in [5.41, 5.74) is 4.41. The Bertz CT molecular complexity index is 1300. The van der Waals surface area contributed by atoms with Gasteiger partial charge in [0.15, 0.2) is 0 Å².